The Morgan fingerprint density at radius 2 is 2.27 bits per heavy atom. The molecule has 22 heavy (non-hydrogen) atoms. The van der Waals surface area contributed by atoms with Gasteiger partial charge in [-0.05, 0) is 45.5 Å². The summed E-state index contributed by atoms with van der Waals surface area (Å²) < 4.78 is 11.2. The van der Waals surface area contributed by atoms with Gasteiger partial charge in [0.15, 0.2) is 0 Å². The van der Waals surface area contributed by atoms with Crippen LogP contribution in [0, 0.1) is 12.8 Å². The minimum atomic E-state index is -0.556. The third-order valence-corrected chi connectivity index (χ3v) is 4.29. The summed E-state index contributed by atoms with van der Waals surface area (Å²) in [6.45, 7) is 4.69. The summed E-state index contributed by atoms with van der Waals surface area (Å²) in [4.78, 5) is 13.8. The molecule has 1 aliphatic heterocycles. The SMILES string of the molecule is Cc1c(OCC2CCCN(C)C2)ccc2c(O)cc(=O)oc12. The zero-order valence-electron chi connectivity index (χ0n) is 13.0. The highest BCUT2D eigenvalue weighted by atomic mass is 16.5. The van der Waals surface area contributed by atoms with Crippen LogP contribution in [0.1, 0.15) is 18.4 Å². The Kier molecular flexibility index (Phi) is 4.07. The smallest absolute Gasteiger partial charge is 0.339 e. The molecule has 1 fully saturated rings. The van der Waals surface area contributed by atoms with E-state index in [1.807, 2.05) is 13.0 Å². The molecule has 5 nitrogen and oxygen atoms in total. The highest BCUT2D eigenvalue weighted by molar-refractivity contribution is 5.86. The minimum Gasteiger partial charge on any atom is -0.507 e. The van der Waals surface area contributed by atoms with E-state index in [9.17, 15) is 9.90 Å². The van der Waals surface area contributed by atoms with Crippen molar-refractivity contribution in [3.05, 3.63) is 34.2 Å². The van der Waals surface area contributed by atoms with Crippen LogP contribution in [0.4, 0.5) is 0 Å². The molecule has 0 radical (unpaired) electrons. The first-order valence-electron chi connectivity index (χ1n) is 7.62. The standard InChI is InChI=1S/C17H21NO4/c1-11-15(21-10-12-4-3-7-18(2)9-12)6-5-13-14(19)8-16(20)22-17(11)13/h5-6,8,12,19H,3-4,7,9-10H2,1-2H3. The van der Waals surface area contributed by atoms with Gasteiger partial charge < -0.3 is 19.2 Å². The number of aromatic hydroxyl groups is 1. The molecular formula is C17H21NO4. The molecule has 118 valence electrons. The fourth-order valence-electron chi connectivity index (χ4n) is 3.10. The fraction of sp³-hybridized carbons (Fsp3) is 0.471. The maximum atomic E-state index is 11.4. The number of rotatable bonds is 3. The van der Waals surface area contributed by atoms with Gasteiger partial charge in [0, 0.05) is 18.0 Å². The third-order valence-electron chi connectivity index (χ3n) is 4.29. The monoisotopic (exact) mass is 303 g/mol. The van der Waals surface area contributed by atoms with Gasteiger partial charge >= 0.3 is 5.63 Å². The van der Waals surface area contributed by atoms with E-state index in [1.54, 1.807) is 6.07 Å². The second-order valence-corrected chi connectivity index (χ2v) is 6.10. The van der Waals surface area contributed by atoms with Gasteiger partial charge in [-0.15, -0.1) is 0 Å². The van der Waals surface area contributed by atoms with E-state index in [4.69, 9.17) is 9.15 Å². The normalized spacial score (nSPS) is 19.5. The number of piperidine rings is 1. The highest BCUT2D eigenvalue weighted by Gasteiger charge is 2.18. The number of aryl methyl sites for hydroxylation is 1. The first-order chi connectivity index (χ1) is 10.5. The lowest BCUT2D eigenvalue weighted by atomic mass is 9.99. The van der Waals surface area contributed by atoms with Crippen molar-refractivity contribution >= 4 is 11.0 Å². The van der Waals surface area contributed by atoms with E-state index in [2.05, 4.69) is 11.9 Å². The van der Waals surface area contributed by atoms with E-state index < -0.39 is 5.63 Å². The Morgan fingerprint density at radius 3 is 3.05 bits per heavy atom. The van der Waals surface area contributed by atoms with Crippen LogP contribution in [-0.4, -0.2) is 36.8 Å². The lowest BCUT2D eigenvalue weighted by molar-refractivity contribution is 0.150. The quantitative estimate of drug-likeness (QED) is 0.883. The molecule has 1 aliphatic rings. The van der Waals surface area contributed by atoms with Crippen molar-refractivity contribution in [2.75, 3.05) is 26.7 Å². The predicted molar refractivity (Wildman–Crippen MR) is 84.6 cm³/mol. The number of hydrogen-bond acceptors (Lipinski definition) is 5. The predicted octanol–water partition coefficient (Wildman–Crippen LogP) is 2.53. The van der Waals surface area contributed by atoms with Gasteiger partial charge in [-0.2, -0.15) is 0 Å². The van der Waals surface area contributed by atoms with Crippen LogP contribution < -0.4 is 10.4 Å². The van der Waals surface area contributed by atoms with Crippen LogP contribution in [0.25, 0.3) is 11.0 Å². The summed E-state index contributed by atoms with van der Waals surface area (Å²) in [7, 11) is 2.13. The molecule has 1 unspecified atom stereocenters. The Bertz CT molecular complexity index is 737. The maximum absolute atomic E-state index is 11.4. The molecule has 0 aliphatic carbocycles. The number of hydrogen-bond donors (Lipinski definition) is 1. The van der Waals surface area contributed by atoms with Crippen LogP contribution >= 0.6 is 0 Å². The Balaban J connectivity index is 1.82. The van der Waals surface area contributed by atoms with Crippen molar-refractivity contribution in [3.63, 3.8) is 0 Å². The molecule has 1 aromatic heterocycles. The zero-order valence-corrected chi connectivity index (χ0v) is 13.0. The molecule has 0 saturated carbocycles. The largest absolute Gasteiger partial charge is 0.507 e. The average molecular weight is 303 g/mol. The van der Waals surface area contributed by atoms with Gasteiger partial charge in [-0.25, -0.2) is 4.79 Å². The number of likely N-dealkylation sites (tertiary alicyclic amines) is 1. The van der Waals surface area contributed by atoms with Gasteiger partial charge in [0.2, 0.25) is 0 Å². The van der Waals surface area contributed by atoms with Gasteiger partial charge in [-0.1, -0.05) is 0 Å². The molecule has 0 spiro atoms. The number of ether oxygens (including phenoxy) is 1. The second-order valence-electron chi connectivity index (χ2n) is 6.10. The molecule has 3 rings (SSSR count). The van der Waals surface area contributed by atoms with Crippen LogP contribution in [-0.2, 0) is 0 Å². The van der Waals surface area contributed by atoms with E-state index in [1.165, 1.54) is 12.8 Å². The molecule has 0 amide bonds. The van der Waals surface area contributed by atoms with Crippen molar-refractivity contribution in [2.24, 2.45) is 5.92 Å². The molecule has 1 saturated heterocycles. The first kappa shape index (κ1) is 14.9. The number of benzene rings is 1. The van der Waals surface area contributed by atoms with E-state index in [0.29, 0.717) is 29.2 Å². The number of fused-ring (bicyclic) bond motifs is 1. The van der Waals surface area contributed by atoms with Crippen molar-refractivity contribution in [1.29, 1.82) is 0 Å². The van der Waals surface area contributed by atoms with Crippen molar-refractivity contribution in [2.45, 2.75) is 19.8 Å². The van der Waals surface area contributed by atoms with Gasteiger partial charge in [-0.3, -0.25) is 0 Å². The molecular weight excluding hydrogens is 282 g/mol. The van der Waals surface area contributed by atoms with Crippen LogP contribution in [0.2, 0.25) is 0 Å². The van der Waals surface area contributed by atoms with Crippen molar-refractivity contribution in [1.82, 2.24) is 4.90 Å². The topological polar surface area (TPSA) is 62.9 Å². The zero-order chi connectivity index (χ0) is 15.7. The Labute approximate surface area is 129 Å². The van der Waals surface area contributed by atoms with Crippen LogP contribution in [0.5, 0.6) is 11.5 Å². The summed E-state index contributed by atoms with van der Waals surface area (Å²) >= 11 is 0. The Hall–Kier alpha value is -2.01. The summed E-state index contributed by atoms with van der Waals surface area (Å²) in [5.74, 6) is 1.16. The summed E-state index contributed by atoms with van der Waals surface area (Å²) in [6.07, 6.45) is 2.37. The summed E-state index contributed by atoms with van der Waals surface area (Å²) in [6, 6.07) is 4.63. The molecule has 2 aromatic rings. The number of nitrogens with zero attached hydrogens (tertiary/aromatic N) is 1. The molecule has 0 bridgehead atoms. The summed E-state index contributed by atoms with van der Waals surface area (Å²) in [5.41, 5.74) is 0.581. The maximum Gasteiger partial charge on any atom is 0.339 e. The molecule has 1 N–H and O–H groups in total. The Morgan fingerprint density at radius 1 is 1.45 bits per heavy atom. The molecule has 1 aromatic carbocycles. The van der Waals surface area contributed by atoms with Crippen molar-refractivity contribution < 1.29 is 14.3 Å². The third kappa shape index (κ3) is 2.95. The van der Waals surface area contributed by atoms with E-state index in [0.717, 1.165) is 24.7 Å². The average Bonchev–Trinajstić information content (AvgIpc) is 2.47. The van der Waals surface area contributed by atoms with Crippen LogP contribution in [0.3, 0.4) is 0 Å². The molecule has 5 heteroatoms. The lowest BCUT2D eigenvalue weighted by Crippen LogP contribution is -2.34. The van der Waals surface area contributed by atoms with E-state index >= 15 is 0 Å². The van der Waals surface area contributed by atoms with Crippen LogP contribution in [0.15, 0.2) is 27.4 Å². The summed E-state index contributed by atoms with van der Waals surface area (Å²) in [5, 5.41) is 10.4. The second kappa shape index (κ2) is 6.01. The van der Waals surface area contributed by atoms with Gasteiger partial charge in [0.05, 0.1) is 18.1 Å². The van der Waals surface area contributed by atoms with Gasteiger partial charge in [0.25, 0.3) is 0 Å². The molecule has 2 heterocycles. The minimum absolute atomic E-state index is 0.0604. The highest BCUT2D eigenvalue weighted by Crippen LogP contribution is 2.31. The lowest BCUT2D eigenvalue weighted by Gasteiger charge is -2.29. The fourth-order valence-corrected chi connectivity index (χ4v) is 3.10. The first-order valence-corrected chi connectivity index (χ1v) is 7.62. The van der Waals surface area contributed by atoms with Gasteiger partial charge in [0.1, 0.15) is 17.1 Å². The van der Waals surface area contributed by atoms with Crippen molar-refractivity contribution in [3.8, 4) is 11.5 Å². The molecule has 1 atom stereocenters. The van der Waals surface area contributed by atoms with E-state index in [-0.39, 0.29) is 5.75 Å².